The number of aromatic nitrogens is 3. The molecular weight excluding hydrogens is 472 g/mol. The van der Waals surface area contributed by atoms with Crippen LogP contribution in [0.15, 0.2) is 41.3 Å². The first-order valence-corrected chi connectivity index (χ1v) is 13.0. The fraction of sp³-hybridized carbons (Fsp3) is 0.481. The van der Waals surface area contributed by atoms with Gasteiger partial charge >= 0.3 is 0 Å². The molecule has 1 aromatic carbocycles. The van der Waals surface area contributed by atoms with Crippen LogP contribution in [0.25, 0.3) is 0 Å². The van der Waals surface area contributed by atoms with E-state index in [9.17, 15) is 9.90 Å². The van der Waals surface area contributed by atoms with Gasteiger partial charge in [0.05, 0.1) is 11.8 Å². The minimum atomic E-state index is -0.738. The van der Waals surface area contributed by atoms with Crippen molar-refractivity contribution in [2.75, 3.05) is 18.0 Å². The Bertz CT molecular complexity index is 1280. The standard InChI is InChI=1S/C27H32N6O4/c1-16-25(37-15-31-16)14-36-21-5-3-18-10-23(29-11-19(18)9-21)24(34)12-30-26(35)22-6-7-28-27(32-22)33-13-17-2-4-20(33)8-17/h3,5-7,9,15,17,20,23-24,29,34H,2,4,8,10-14H2,1H3,(H,30,35)/t17?,20?,23-,24+/m0/s1. The smallest absolute Gasteiger partial charge is 0.270 e. The molecule has 194 valence electrons. The number of amides is 1. The first-order valence-electron chi connectivity index (χ1n) is 13.0. The van der Waals surface area contributed by atoms with Crippen LogP contribution in [0.5, 0.6) is 5.75 Å². The number of aliphatic hydroxyl groups excluding tert-OH is 1. The van der Waals surface area contributed by atoms with Crippen molar-refractivity contribution in [3.63, 3.8) is 0 Å². The largest absolute Gasteiger partial charge is 0.486 e. The molecule has 0 radical (unpaired) electrons. The van der Waals surface area contributed by atoms with Gasteiger partial charge in [0, 0.05) is 37.9 Å². The minimum absolute atomic E-state index is 0.136. The van der Waals surface area contributed by atoms with E-state index in [1.807, 2.05) is 25.1 Å². The fourth-order valence-electron chi connectivity index (χ4n) is 5.70. The van der Waals surface area contributed by atoms with Crippen LogP contribution in [-0.2, 0) is 19.6 Å². The molecule has 1 aliphatic carbocycles. The zero-order chi connectivity index (χ0) is 25.4. The second kappa shape index (κ2) is 10.1. The molecular formula is C27H32N6O4. The second-order valence-electron chi connectivity index (χ2n) is 10.3. The summed E-state index contributed by atoms with van der Waals surface area (Å²) >= 11 is 0. The van der Waals surface area contributed by atoms with Gasteiger partial charge in [-0.3, -0.25) is 4.79 Å². The van der Waals surface area contributed by atoms with Crippen molar-refractivity contribution in [1.82, 2.24) is 25.6 Å². The van der Waals surface area contributed by atoms with E-state index < -0.39 is 6.10 Å². The number of rotatable bonds is 8. The summed E-state index contributed by atoms with van der Waals surface area (Å²) in [5, 5.41) is 17.0. The average Bonchev–Trinajstić information content (AvgIpc) is 3.67. The lowest BCUT2D eigenvalue weighted by atomic mass is 9.92. The fourth-order valence-corrected chi connectivity index (χ4v) is 5.70. The highest BCUT2D eigenvalue weighted by Crippen LogP contribution is 2.38. The number of carbonyl (C=O) groups excluding carboxylic acids is 1. The number of benzene rings is 1. The highest BCUT2D eigenvalue weighted by atomic mass is 16.5. The Balaban J connectivity index is 1.01. The molecule has 2 aliphatic heterocycles. The molecule has 3 aromatic rings. The molecule has 10 nitrogen and oxygen atoms in total. The number of nitrogens with zero attached hydrogens (tertiary/aromatic N) is 4. The molecule has 3 aliphatic rings. The van der Waals surface area contributed by atoms with Gasteiger partial charge in [0.25, 0.3) is 5.91 Å². The molecule has 0 spiro atoms. The number of nitrogens with one attached hydrogen (secondary N) is 2. The van der Waals surface area contributed by atoms with Crippen LogP contribution in [0.4, 0.5) is 5.95 Å². The summed E-state index contributed by atoms with van der Waals surface area (Å²) in [5.74, 6) is 2.52. The SMILES string of the molecule is Cc1ncoc1COc1ccc2c(c1)CN[C@H]([C@H](O)CNC(=O)c1ccnc(N3CC4CCC3C4)n1)C2. The van der Waals surface area contributed by atoms with Crippen LogP contribution < -0.4 is 20.3 Å². The monoisotopic (exact) mass is 504 g/mol. The van der Waals surface area contributed by atoms with E-state index in [4.69, 9.17) is 9.15 Å². The lowest BCUT2D eigenvalue weighted by Gasteiger charge is -2.30. The number of ether oxygens (including phenoxy) is 1. The van der Waals surface area contributed by atoms with E-state index in [2.05, 4.69) is 30.5 Å². The molecule has 1 saturated heterocycles. The van der Waals surface area contributed by atoms with Gasteiger partial charge in [-0.1, -0.05) is 6.07 Å². The highest BCUT2D eigenvalue weighted by Gasteiger charge is 2.39. The number of aliphatic hydroxyl groups is 1. The van der Waals surface area contributed by atoms with Gasteiger partial charge in [0.15, 0.2) is 12.2 Å². The number of piperidine rings is 1. The average molecular weight is 505 g/mol. The Morgan fingerprint density at radius 2 is 2.22 bits per heavy atom. The topological polar surface area (TPSA) is 126 Å². The number of oxazole rings is 1. The van der Waals surface area contributed by atoms with Crippen LogP contribution in [0.1, 0.15) is 52.3 Å². The number of hydrogen-bond donors (Lipinski definition) is 3. The van der Waals surface area contributed by atoms with E-state index in [0.29, 0.717) is 43.0 Å². The van der Waals surface area contributed by atoms with Crippen LogP contribution >= 0.6 is 0 Å². The van der Waals surface area contributed by atoms with Gasteiger partial charge in [-0.25, -0.2) is 15.0 Å². The van der Waals surface area contributed by atoms with Crippen molar-refractivity contribution in [3.8, 4) is 5.75 Å². The van der Waals surface area contributed by atoms with Crippen LogP contribution in [0.3, 0.4) is 0 Å². The van der Waals surface area contributed by atoms with Gasteiger partial charge in [0.1, 0.15) is 18.1 Å². The van der Waals surface area contributed by atoms with Crippen molar-refractivity contribution in [1.29, 1.82) is 0 Å². The van der Waals surface area contributed by atoms with Crippen LogP contribution in [0.2, 0.25) is 0 Å². The summed E-state index contributed by atoms with van der Waals surface area (Å²) in [6, 6.07) is 7.92. The third-order valence-electron chi connectivity index (χ3n) is 7.86. The van der Waals surface area contributed by atoms with Crippen LogP contribution in [0, 0.1) is 12.8 Å². The quantitative estimate of drug-likeness (QED) is 0.423. The molecule has 2 fully saturated rings. The predicted molar refractivity (Wildman–Crippen MR) is 135 cm³/mol. The number of anilines is 1. The first kappa shape index (κ1) is 23.9. The zero-order valence-electron chi connectivity index (χ0n) is 20.9. The van der Waals surface area contributed by atoms with E-state index in [0.717, 1.165) is 35.0 Å². The van der Waals surface area contributed by atoms with Gasteiger partial charge < -0.3 is 29.8 Å². The Morgan fingerprint density at radius 3 is 3.00 bits per heavy atom. The van der Waals surface area contributed by atoms with Gasteiger partial charge in [0.2, 0.25) is 5.95 Å². The maximum absolute atomic E-state index is 12.8. The summed E-state index contributed by atoms with van der Waals surface area (Å²) in [5.41, 5.74) is 3.43. The lowest BCUT2D eigenvalue weighted by molar-refractivity contribution is 0.0865. The van der Waals surface area contributed by atoms with Gasteiger partial charge in [-0.05, 0) is 67.9 Å². The molecule has 37 heavy (non-hydrogen) atoms. The molecule has 2 aromatic heterocycles. The minimum Gasteiger partial charge on any atom is -0.486 e. The summed E-state index contributed by atoms with van der Waals surface area (Å²) in [6.07, 6.45) is 6.62. The van der Waals surface area contributed by atoms with Crippen LogP contribution in [-0.4, -0.2) is 57.2 Å². The summed E-state index contributed by atoms with van der Waals surface area (Å²) < 4.78 is 11.2. The Hall–Kier alpha value is -3.50. The normalized spacial score (nSPS) is 23.1. The summed E-state index contributed by atoms with van der Waals surface area (Å²) in [6.45, 7) is 3.92. The molecule has 2 bridgehead atoms. The van der Waals surface area contributed by atoms with E-state index >= 15 is 0 Å². The molecule has 1 saturated carbocycles. The van der Waals surface area contributed by atoms with Crippen molar-refractivity contribution < 1.29 is 19.1 Å². The van der Waals surface area contributed by atoms with Crippen molar-refractivity contribution in [3.05, 3.63) is 65.1 Å². The van der Waals surface area contributed by atoms with Crippen molar-refractivity contribution >= 4 is 11.9 Å². The third kappa shape index (κ3) is 5.03. The van der Waals surface area contributed by atoms with E-state index in [-0.39, 0.29) is 18.5 Å². The van der Waals surface area contributed by atoms with Gasteiger partial charge in [-0.2, -0.15) is 0 Å². The molecule has 1 amide bonds. The molecule has 3 N–H and O–H groups in total. The Kier molecular flexibility index (Phi) is 6.52. The number of aryl methyl sites for hydroxylation is 1. The van der Waals surface area contributed by atoms with E-state index in [1.165, 1.54) is 25.7 Å². The highest BCUT2D eigenvalue weighted by molar-refractivity contribution is 5.92. The van der Waals surface area contributed by atoms with Gasteiger partial charge in [-0.15, -0.1) is 0 Å². The lowest BCUT2D eigenvalue weighted by Crippen LogP contribution is -2.49. The van der Waals surface area contributed by atoms with E-state index in [1.54, 1.807) is 12.3 Å². The Labute approximate surface area is 215 Å². The number of hydrogen-bond acceptors (Lipinski definition) is 9. The molecule has 4 heterocycles. The predicted octanol–water partition coefficient (Wildman–Crippen LogP) is 2.15. The summed E-state index contributed by atoms with van der Waals surface area (Å²) in [4.78, 5) is 28.0. The number of fused-ring (bicyclic) bond motifs is 3. The number of carbonyl (C=O) groups is 1. The Morgan fingerprint density at radius 1 is 1.30 bits per heavy atom. The molecule has 2 unspecified atom stereocenters. The molecule has 10 heteroatoms. The maximum atomic E-state index is 12.8. The summed E-state index contributed by atoms with van der Waals surface area (Å²) in [7, 11) is 0. The molecule has 4 atom stereocenters. The first-order chi connectivity index (χ1) is 18.0. The zero-order valence-corrected chi connectivity index (χ0v) is 20.9. The van der Waals surface area contributed by atoms with Crippen molar-refractivity contribution in [2.45, 2.75) is 63.9 Å². The molecule has 6 rings (SSSR count). The maximum Gasteiger partial charge on any atom is 0.270 e. The van der Waals surface area contributed by atoms with Crippen molar-refractivity contribution in [2.24, 2.45) is 5.92 Å². The third-order valence-corrected chi connectivity index (χ3v) is 7.86. The second-order valence-corrected chi connectivity index (χ2v) is 10.3.